The maximum Gasteiger partial charge on any atom is 0.326 e. The first-order chi connectivity index (χ1) is 17.8. The van der Waals surface area contributed by atoms with Crippen molar-refractivity contribution in [3.8, 4) is 0 Å². The Hall–Kier alpha value is -3.71. The van der Waals surface area contributed by atoms with E-state index in [1.54, 1.807) is 30.3 Å². The maximum absolute atomic E-state index is 13.1. The summed E-state index contributed by atoms with van der Waals surface area (Å²) in [5.74, 6) is -3.58. The second-order valence-electron chi connectivity index (χ2n) is 9.60. The van der Waals surface area contributed by atoms with Gasteiger partial charge in [0, 0.05) is 13.0 Å². The molecule has 0 aliphatic heterocycles. The van der Waals surface area contributed by atoms with E-state index in [1.807, 2.05) is 13.8 Å². The molecule has 0 fully saturated rings. The number of nitrogens with one attached hydrogen (secondary N) is 5. The van der Waals surface area contributed by atoms with Gasteiger partial charge >= 0.3 is 5.97 Å². The molecule has 212 valence electrons. The van der Waals surface area contributed by atoms with Crippen LogP contribution in [0.5, 0.6) is 0 Å². The third kappa shape index (κ3) is 12.0. The van der Waals surface area contributed by atoms with Crippen molar-refractivity contribution in [2.24, 2.45) is 17.4 Å². The normalized spacial score (nSPS) is 14.9. The first-order valence-corrected chi connectivity index (χ1v) is 12.5. The highest BCUT2D eigenvalue weighted by molar-refractivity contribution is 5.94. The first kappa shape index (κ1) is 32.3. The summed E-state index contributed by atoms with van der Waals surface area (Å²) in [7, 11) is 0. The molecule has 0 aromatic heterocycles. The topological polar surface area (TPSA) is 233 Å². The van der Waals surface area contributed by atoms with E-state index in [9.17, 15) is 29.4 Å². The van der Waals surface area contributed by atoms with Crippen LogP contribution in [-0.4, -0.2) is 76.7 Å². The van der Waals surface area contributed by atoms with Crippen molar-refractivity contribution >= 4 is 29.7 Å². The zero-order chi connectivity index (χ0) is 28.8. The fraction of sp³-hybridized carbons (Fsp3) is 0.560. The van der Waals surface area contributed by atoms with Crippen molar-refractivity contribution in [3.63, 3.8) is 0 Å². The summed E-state index contributed by atoms with van der Waals surface area (Å²) in [5, 5.41) is 37.0. The number of benzene rings is 1. The number of hydrogen-bond donors (Lipinski definition) is 9. The minimum absolute atomic E-state index is 0.00202. The Morgan fingerprint density at radius 3 is 2.08 bits per heavy atom. The van der Waals surface area contributed by atoms with Gasteiger partial charge in [0.15, 0.2) is 5.96 Å². The lowest BCUT2D eigenvalue weighted by molar-refractivity contribution is -0.143. The molecule has 3 amide bonds. The fourth-order valence-corrected chi connectivity index (χ4v) is 3.66. The van der Waals surface area contributed by atoms with Crippen LogP contribution in [0.15, 0.2) is 30.3 Å². The number of carboxylic acid groups (broad SMARTS) is 1. The first-order valence-electron chi connectivity index (χ1n) is 12.5. The van der Waals surface area contributed by atoms with E-state index in [0.717, 1.165) is 0 Å². The molecule has 0 saturated heterocycles. The van der Waals surface area contributed by atoms with Gasteiger partial charge in [0.1, 0.15) is 18.1 Å². The lowest BCUT2D eigenvalue weighted by atomic mass is 10.0. The number of carbonyl (C=O) groups is 4. The SMILES string of the molecule is CC(C)C[C@H](N)C(=O)N[C@@H](CCCNC(=N)N)C(=O)N[C@H](C(=O)N[C@@H](Cc1ccccc1)C(=O)O)[C@@H](C)O. The minimum Gasteiger partial charge on any atom is -0.480 e. The number of hydrogen-bond acceptors (Lipinski definition) is 7. The van der Waals surface area contributed by atoms with E-state index in [-0.39, 0.29) is 31.3 Å². The van der Waals surface area contributed by atoms with Crippen molar-refractivity contribution < 1.29 is 29.4 Å². The highest BCUT2D eigenvalue weighted by Gasteiger charge is 2.32. The predicted octanol–water partition coefficient (Wildman–Crippen LogP) is -1.21. The second kappa shape index (κ2) is 16.2. The lowest BCUT2D eigenvalue weighted by Gasteiger charge is -2.27. The number of aliphatic carboxylic acids is 1. The Labute approximate surface area is 222 Å². The van der Waals surface area contributed by atoms with Crippen LogP contribution in [0.1, 0.15) is 45.6 Å². The van der Waals surface area contributed by atoms with Gasteiger partial charge in [-0.2, -0.15) is 0 Å². The highest BCUT2D eigenvalue weighted by atomic mass is 16.4. The van der Waals surface area contributed by atoms with E-state index in [2.05, 4.69) is 21.3 Å². The summed E-state index contributed by atoms with van der Waals surface area (Å²) in [6, 6.07) is 3.93. The van der Waals surface area contributed by atoms with Crippen LogP contribution in [0.4, 0.5) is 0 Å². The molecule has 0 radical (unpaired) electrons. The lowest BCUT2D eigenvalue weighted by Crippen LogP contribution is -2.60. The van der Waals surface area contributed by atoms with Crippen molar-refractivity contribution in [2.45, 2.75) is 76.7 Å². The summed E-state index contributed by atoms with van der Waals surface area (Å²) in [6.45, 7) is 5.34. The number of guanidine groups is 1. The average molecular weight is 536 g/mol. The highest BCUT2D eigenvalue weighted by Crippen LogP contribution is 2.07. The van der Waals surface area contributed by atoms with Crippen LogP contribution < -0.4 is 32.7 Å². The number of amides is 3. The Morgan fingerprint density at radius 1 is 0.947 bits per heavy atom. The number of carboxylic acids is 1. The smallest absolute Gasteiger partial charge is 0.326 e. The molecule has 0 aliphatic carbocycles. The minimum atomic E-state index is -1.49. The molecule has 1 aromatic carbocycles. The zero-order valence-electron chi connectivity index (χ0n) is 22.1. The van der Waals surface area contributed by atoms with E-state index >= 15 is 0 Å². The van der Waals surface area contributed by atoms with Crippen LogP contribution in [0.3, 0.4) is 0 Å². The van der Waals surface area contributed by atoms with Crippen LogP contribution in [0.25, 0.3) is 0 Å². The van der Waals surface area contributed by atoms with Gasteiger partial charge in [-0.15, -0.1) is 0 Å². The number of aliphatic hydroxyl groups is 1. The van der Waals surface area contributed by atoms with Crippen molar-refractivity contribution in [1.29, 1.82) is 5.41 Å². The summed E-state index contributed by atoms with van der Waals surface area (Å²) in [4.78, 5) is 50.4. The molecule has 1 rings (SSSR count). The van der Waals surface area contributed by atoms with E-state index in [4.69, 9.17) is 16.9 Å². The van der Waals surface area contributed by atoms with Gasteiger partial charge in [0.05, 0.1) is 12.1 Å². The molecule has 0 unspecified atom stereocenters. The Kier molecular flexibility index (Phi) is 13.8. The predicted molar refractivity (Wildman–Crippen MR) is 142 cm³/mol. The van der Waals surface area contributed by atoms with Crippen molar-refractivity contribution in [2.75, 3.05) is 6.54 Å². The quantitative estimate of drug-likeness (QED) is 0.0700. The van der Waals surface area contributed by atoms with Crippen molar-refractivity contribution in [1.82, 2.24) is 21.3 Å². The van der Waals surface area contributed by atoms with E-state index < -0.39 is 54.0 Å². The zero-order valence-corrected chi connectivity index (χ0v) is 22.1. The van der Waals surface area contributed by atoms with E-state index in [1.165, 1.54) is 6.92 Å². The molecule has 11 N–H and O–H groups in total. The summed E-state index contributed by atoms with van der Waals surface area (Å²) in [5.41, 5.74) is 11.9. The Balaban J connectivity index is 2.97. The number of aliphatic hydroxyl groups excluding tert-OH is 1. The monoisotopic (exact) mass is 535 g/mol. The molecular formula is C25H41N7O6. The molecule has 38 heavy (non-hydrogen) atoms. The average Bonchev–Trinajstić information content (AvgIpc) is 2.83. The molecular weight excluding hydrogens is 494 g/mol. The van der Waals surface area contributed by atoms with Crippen molar-refractivity contribution in [3.05, 3.63) is 35.9 Å². The third-order valence-electron chi connectivity index (χ3n) is 5.64. The van der Waals surface area contributed by atoms with E-state index in [0.29, 0.717) is 18.4 Å². The standard InChI is InChI=1S/C25H41N7O6/c1-14(2)12-17(26)21(34)30-18(10-7-11-29-25(27)28)22(35)32-20(15(3)33)23(36)31-19(24(37)38)13-16-8-5-4-6-9-16/h4-6,8-9,14-15,17-20,33H,7,10-13,26H2,1-3H3,(H,30,34)(H,31,36)(H,32,35)(H,37,38)(H4,27,28,29)/t15-,17+,18+,19+,20+/m1/s1. The van der Waals surface area contributed by atoms with Gasteiger partial charge in [-0.25, -0.2) is 4.79 Å². The maximum atomic E-state index is 13.1. The molecule has 13 heteroatoms. The largest absolute Gasteiger partial charge is 0.480 e. The fourth-order valence-electron chi connectivity index (χ4n) is 3.66. The summed E-state index contributed by atoms with van der Waals surface area (Å²) >= 11 is 0. The number of carbonyl (C=O) groups excluding carboxylic acids is 3. The van der Waals surface area contributed by atoms with Gasteiger partial charge in [-0.3, -0.25) is 19.8 Å². The number of nitrogens with two attached hydrogens (primary N) is 2. The molecule has 1 aromatic rings. The molecule has 0 aliphatic rings. The van der Waals surface area contributed by atoms with Crippen LogP contribution >= 0.6 is 0 Å². The third-order valence-corrected chi connectivity index (χ3v) is 5.64. The van der Waals surface area contributed by atoms with Gasteiger partial charge in [-0.05, 0) is 37.7 Å². The molecule has 0 spiro atoms. The molecule has 0 saturated carbocycles. The number of rotatable bonds is 16. The van der Waals surface area contributed by atoms with Crippen LogP contribution in [-0.2, 0) is 25.6 Å². The molecule has 0 bridgehead atoms. The van der Waals surface area contributed by atoms with Crippen LogP contribution in [0, 0.1) is 11.3 Å². The van der Waals surface area contributed by atoms with Crippen LogP contribution in [0.2, 0.25) is 0 Å². The van der Waals surface area contributed by atoms with Gasteiger partial charge in [-0.1, -0.05) is 44.2 Å². The Bertz CT molecular complexity index is 941. The van der Waals surface area contributed by atoms with Gasteiger partial charge < -0.3 is 42.9 Å². The van der Waals surface area contributed by atoms with Gasteiger partial charge in [0.25, 0.3) is 0 Å². The molecule has 5 atom stereocenters. The molecule has 0 heterocycles. The van der Waals surface area contributed by atoms with Gasteiger partial charge in [0.2, 0.25) is 17.7 Å². The second-order valence-corrected chi connectivity index (χ2v) is 9.60. The summed E-state index contributed by atoms with van der Waals surface area (Å²) < 4.78 is 0. The summed E-state index contributed by atoms with van der Waals surface area (Å²) in [6.07, 6.45) is -0.530. The molecule has 13 nitrogen and oxygen atoms in total. The Morgan fingerprint density at radius 2 is 1.55 bits per heavy atom.